The molecule has 3 aromatic rings. The molecule has 0 fully saturated rings. The number of aromatic carboxylic acids is 1. The summed E-state index contributed by atoms with van der Waals surface area (Å²) in [7, 11) is 0. The van der Waals surface area contributed by atoms with E-state index in [1.807, 2.05) is 25.1 Å². The van der Waals surface area contributed by atoms with Crippen molar-refractivity contribution >= 4 is 39.7 Å². The van der Waals surface area contributed by atoms with Crippen molar-refractivity contribution in [3.8, 4) is 11.3 Å². The molecule has 7 heteroatoms. The molecule has 0 bridgehead atoms. The van der Waals surface area contributed by atoms with Gasteiger partial charge in [0.05, 0.1) is 23.1 Å². The third-order valence-corrected chi connectivity index (χ3v) is 5.38. The lowest BCUT2D eigenvalue weighted by atomic mass is 10.0. The van der Waals surface area contributed by atoms with Crippen molar-refractivity contribution in [2.45, 2.75) is 27.2 Å². The number of thiazole rings is 1. The maximum absolute atomic E-state index is 11.1. The van der Waals surface area contributed by atoms with Gasteiger partial charge in [0.2, 0.25) is 0 Å². The van der Waals surface area contributed by atoms with Crippen LogP contribution in [0.25, 0.3) is 11.3 Å². The van der Waals surface area contributed by atoms with Gasteiger partial charge in [-0.05, 0) is 43.0 Å². The molecule has 2 heterocycles. The van der Waals surface area contributed by atoms with Crippen molar-refractivity contribution in [2.75, 3.05) is 5.32 Å². The van der Waals surface area contributed by atoms with E-state index in [0.717, 1.165) is 28.3 Å². The molecule has 0 aliphatic heterocycles. The molecule has 140 valence electrons. The summed E-state index contributed by atoms with van der Waals surface area (Å²) in [4.78, 5) is 21.1. The van der Waals surface area contributed by atoms with E-state index >= 15 is 0 Å². The highest BCUT2D eigenvalue weighted by Gasteiger charge is 2.16. The minimum absolute atomic E-state index is 0.132. The molecule has 1 aromatic carbocycles. The Morgan fingerprint density at radius 1 is 1.30 bits per heavy atom. The number of rotatable bonds is 6. The van der Waals surface area contributed by atoms with Gasteiger partial charge in [0.25, 0.3) is 0 Å². The van der Waals surface area contributed by atoms with Crippen LogP contribution in [0.2, 0.25) is 5.02 Å². The van der Waals surface area contributed by atoms with E-state index in [4.69, 9.17) is 21.7 Å². The molecule has 0 saturated carbocycles. The van der Waals surface area contributed by atoms with Gasteiger partial charge in [-0.1, -0.05) is 31.5 Å². The van der Waals surface area contributed by atoms with Gasteiger partial charge in [0, 0.05) is 21.7 Å². The number of aromatic nitrogens is 2. The third-order valence-electron chi connectivity index (χ3n) is 3.96. The predicted octanol–water partition coefficient (Wildman–Crippen LogP) is 5.81. The maximum Gasteiger partial charge on any atom is 0.337 e. The summed E-state index contributed by atoms with van der Waals surface area (Å²) in [6, 6.07) is 7.45. The van der Waals surface area contributed by atoms with E-state index in [-0.39, 0.29) is 5.56 Å². The molecule has 0 unspecified atom stereocenters. The first kappa shape index (κ1) is 19.3. The highest BCUT2D eigenvalue weighted by Crippen LogP contribution is 2.35. The van der Waals surface area contributed by atoms with Gasteiger partial charge in [-0.25, -0.2) is 9.78 Å². The van der Waals surface area contributed by atoms with Crippen molar-refractivity contribution in [3.63, 3.8) is 0 Å². The monoisotopic (exact) mass is 401 g/mol. The molecular weight excluding hydrogens is 382 g/mol. The van der Waals surface area contributed by atoms with Gasteiger partial charge in [-0.3, -0.25) is 4.98 Å². The van der Waals surface area contributed by atoms with Crippen LogP contribution >= 0.6 is 22.9 Å². The van der Waals surface area contributed by atoms with Crippen LogP contribution in [0.5, 0.6) is 0 Å². The van der Waals surface area contributed by atoms with E-state index in [1.54, 1.807) is 23.6 Å². The van der Waals surface area contributed by atoms with Crippen molar-refractivity contribution < 1.29 is 9.90 Å². The lowest BCUT2D eigenvalue weighted by Crippen LogP contribution is -1.99. The fraction of sp³-hybridized carbons (Fsp3) is 0.250. The summed E-state index contributed by atoms with van der Waals surface area (Å²) in [5.41, 5.74) is 3.68. The van der Waals surface area contributed by atoms with Gasteiger partial charge in [-0.2, -0.15) is 0 Å². The van der Waals surface area contributed by atoms with Crippen LogP contribution in [-0.4, -0.2) is 21.0 Å². The number of aryl methyl sites for hydroxylation is 1. The number of nitrogens with zero attached hydrogens (tertiary/aromatic N) is 2. The highest BCUT2D eigenvalue weighted by atomic mass is 35.5. The van der Waals surface area contributed by atoms with Crippen LogP contribution in [-0.2, 0) is 6.42 Å². The van der Waals surface area contributed by atoms with Crippen LogP contribution in [0.1, 0.15) is 34.6 Å². The first-order valence-electron chi connectivity index (χ1n) is 8.55. The van der Waals surface area contributed by atoms with Crippen molar-refractivity contribution in [1.82, 2.24) is 9.97 Å². The average molecular weight is 402 g/mol. The SMILES string of the molecule is Cc1cc(-c2nc(Nc3cncc(C(=O)O)c3)sc2CC(C)C)ccc1Cl. The number of halogens is 1. The third kappa shape index (κ3) is 4.64. The molecular formula is C20H20ClN3O2S. The summed E-state index contributed by atoms with van der Waals surface area (Å²) in [5, 5.41) is 13.7. The molecule has 0 atom stereocenters. The molecule has 0 amide bonds. The largest absolute Gasteiger partial charge is 0.478 e. The Labute approximate surface area is 167 Å². The van der Waals surface area contributed by atoms with Gasteiger partial charge >= 0.3 is 5.97 Å². The van der Waals surface area contributed by atoms with E-state index in [0.29, 0.717) is 16.7 Å². The Hall–Kier alpha value is -2.44. The standard InChI is InChI=1S/C20H20ClN3O2S/c1-11(2)6-17-18(13-4-5-16(21)12(3)7-13)24-20(27-17)23-15-8-14(19(25)26)9-22-10-15/h4-5,7-11H,6H2,1-3H3,(H,23,24)(H,25,26). The molecule has 0 saturated heterocycles. The zero-order valence-electron chi connectivity index (χ0n) is 15.3. The molecule has 0 aliphatic rings. The Balaban J connectivity index is 1.97. The molecule has 2 N–H and O–H groups in total. The molecule has 27 heavy (non-hydrogen) atoms. The fourth-order valence-corrected chi connectivity index (χ4v) is 4.01. The highest BCUT2D eigenvalue weighted by molar-refractivity contribution is 7.16. The number of carboxylic acid groups (broad SMARTS) is 1. The van der Waals surface area contributed by atoms with Gasteiger partial charge in [0.15, 0.2) is 5.13 Å². The first-order valence-corrected chi connectivity index (χ1v) is 9.74. The number of nitrogens with one attached hydrogen (secondary N) is 1. The van der Waals surface area contributed by atoms with Gasteiger partial charge in [-0.15, -0.1) is 11.3 Å². The molecule has 3 rings (SSSR count). The molecule has 2 aromatic heterocycles. The maximum atomic E-state index is 11.1. The Morgan fingerprint density at radius 2 is 2.07 bits per heavy atom. The normalized spacial score (nSPS) is 11.0. The number of carboxylic acids is 1. The second-order valence-electron chi connectivity index (χ2n) is 6.75. The van der Waals surface area contributed by atoms with Crippen molar-refractivity contribution in [3.05, 3.63) is 57.7 Å². The summed E-state index contributed by atoms with van der Waals surface area (Å²) < 4.78 is 0. The number of benzene rings is 1. The number of hydrogen-bond donors (Lipinski definition) is 2. The quantitative estimate of drug-likeness (QED) is 0.545. The van der Waals surface area contributed by atoms with E-state index in [2.05, 4.69) is 24.1 Å². The summed E-state index contributed by atoms with van der Waals surface area (Å²) in [6.45, 7) is 6.32. The van der Waals surface area contributed by atoms with Crippen LogP contribution in [0, 0.1) is 12.8 Å². The summed E-state index contributed by atoms with van der Waals surface area (Å²) in [6.07, 6.45) is 3.81. The minimum Gasteiger partial charge on any atom is -0.478 e. The van der Waals surface area contributed by atoms with Crippen LogP contribution in [0.15, 0.2) is 36.7 Å². The number of carbonyl (C=O) groups is 1. The summed E-state index contributed by atoms with van der Waals surface area (Å²) >= 11 is 7.73. The Kier molecular flexibility index (Phi) is 5.77. The predicted molar refractivity (Wildman–Crippen MR) is 110 cm³/mol. The molecule has 0 aliphatic carbocycles. The first-order chi connectivity index (χ1) is 12.8. The van der Waals surface area contributed by atoms with Gasteiger partial charge in [0.1, 0.15) is 0 Å². The lowest BCUT2D eigenvalue weighted by Gasteiger charge is -2.06. The van der Waals surface area contributed by atoms with Gasteiger partial charge < -0.3 is 10.4 Å². The summed E-state index contributed by atoms with van der Waals surface area (Å²) in [5.74, 6) is -0.523. The van der Waals surface area contributed by atoms with Crippen LogP contribution < -0.4 is 5.32 Å². The van der Waals surface area contributed by atoms with E-state index in [1.165, 1.54) is 11.1 Å². The molecule has 0 radical (unpaired) electrons. The Morgan fingerprint density at radius 3 is 2.74 bits per heavy atom. The fourth-order valence-electron chi connectivity index (χ4n) is 2.68. The lowest BCUT2D eigenvalue weighted by molar-refractivity contribution is 0.0696. The Bertz CT molecular complexity index is 985. The van der Waals surface area contributed by atoms with Crippen LogP contribution in [0.4, 0.5) is 10.8 Å². The van der Waals surface area contributed by atoms with E-state index in [9.17, 15) is 4.79 Å². The second kappa shape index (κ2) is 8.06. The number of hydrogen-bond acceptors (Lipinski definition) is 5. The molecule has 0 spiro atoms. The number of anilines is 2. The minimum atomic E-state index is -1.01. The van der Waals surface area contributed by atoms with Crippen molar-refractivity contribution in [1.29, 1.82) is 0 Å². The van der Waals surface area contributed by atoms with Crippen LogP contribution in [0.3, 0.4) is 0 Å². The smallest absolute Gasteiger partial charge is 0.337 e. The van der Waals surface area contributed by atoms with Crippen molar-refractivity contribution in [2.24, 2.45) is 5.92 Å². The number of pyridine rings is 1. The zero-order chi connectivity index (χ0) is 19.6. The topological polar surface area (TPSA) is 75.1 Å². The van der Waals surface area contributed by atoms with E-state index < -0.39 is 5.97 Å². The zero-order valence-corrected chi connectivity index (χ0v) is 16.9. The second-order valence-corrected chi connectivity index (χ2v) is 8.24. The average Bonchev–Trinajstić information content (AvgIpc) is 2.99. The molecule has 5 nitrogen and oxygen atoms in total.